The number of pyridine rings is 1. The Hall–Kier alpha value is -2.60. The van der Waals surface area contributed by atoms with Crippen molar-refractivity contribution in [2.24, 2.45) is 7.05 Å². The molecule has 0 radical (unpaired) electrons. The van der Waals surface area contributed by atoms with Gasteiger partial charge in [-0.1, -0.05) is 11.8 Å². The molecule has 0 spiro atoms. The summed E-state index contributed by atoms with van der Waals surface area (Å²) < 4.78 is 7.63. The Labute approximate surface area is 144 Å². The van der Waals surface area contributed by atoms with Gasteiger partial charge in [0.2, 0.25) is 0 Å². The Morgan fingerprint density at radius 1 is 1.21 bits per heavy atom. The second kappa shape index (κ2) is 7.31. The van der Waals surface area contributed by atoms with Crippen LogP contribution in [0, 0.1) is 6.92 Å². The van der Waals surface area contributed by atoms with Gasteiger partial charge in [0.15, 0.2) is 6.29 Å². The van der Waals surface area contributed by atoms with E-state index in [9.17, 15) is 4.79 Å². The van der Waals surface area contributed by atoms with Gasteiger partial charge in [-0.3, -0.25) is 9.78 Å². The van der Waals surface area contributed by atoms with Gasteiger partial charge in [0.1, 0.15) is 23.1 Å². The van der Waals surface area contributed by atoms with E-state index in [0.717, 1.165) is 33.2 Å². The number of aryl methyl sites for hydroxylation is 2. The molecule has 24 heavy (non-hydrogen) atoms. The predicted octanol–water partition coefficient (Wildman–Crippen LogP) is 3.67. The fraction of sp³-hybridized carbons (Fsp3) is 0.167. The van der Waals surface area contributed by atoms with E-state index in [2.05, 4.69) is 9.97 Å². The van der Waals surface area contributed by atoms with Crippen LogP contribution in [0.25, 0.3) is 0 Å². The smallest absolute Gasteiger partial charge is 0.171 e. The van der Waals surface area contributed by atoms with Crippen LogP contribution < -0.4 is 4.74 Å². The van der Waals surface area contributed by atoms with Gasteiger partial charge in [0.25, 0.3) is 0 Å². The molecule has 6 heteroatoms. The van der Waals surface area contributed by atoms with E-state index in [1.165, 1.54) is 11.8 Å². The third-order valence-electron chi connectivity index (χ3n) is 3.43. The van der Waals surface area contributed by atoms with Crippen molar-refractivity contribution in [2.75, 3.05) is 0 Å². The Kier molecular flexibility index (Phi) is 4.96. The van der Waals surface area contributed by atoms with Gasteiger partial charge in [-0.25, -0.2) is 4.98 Å². The van der Waals surface area contributed by atoms with Crippen LogP contribution in [0.15, 0.2) is 58.8 Å². The average molecular weight is 339 g/mol. The molecule has 0 N–H and O–H groups in total. The number of hydrogen-bond acceptors (Lipinski definition) is 5. The lowest BCUT2D eigenvalue weighted by Crippen LogP contribution is -1.96. The highest BCUT2D eigenvalue weighted by Crippen LogP contribution is 2.30. The quantitative estimate of drug-likeness (QED) is 0.641. The van der Waals surface area contributed by atoms with Gasteiger partial charge in [-0.05, 0) is 48.9 Å². The summed E-state index contributed by atoms with van der Waals surface area (Å²) in [5, 5.41) is 0.825. The maximum atomic E-state index is 11.0. The van der Waals surface area contributed by atoms with Crippen LogP contribution in [0.5, 0.6) is 5.75 Å². The fourth-order valence-electron chi connectivity index (χ4n) is 2.22. The molecule has 3 rings (SSSR count). The summed E-state index contributed by atoms with van der Waals surface area (Å²) >= 11 is 1.50. The van der Waals surface area contributed by atoms with Crippen molar-refractivity contribution in [3.8, 4) is 5.75 Å². The van der Waals surface area contributed by atoms with Gasteiger partial charge in [-0.15, -0.1) is 0 Å². The van der Waals surface area contributed by atoms with Crippen LogP contribution in [-0.4, -0.2) is 20.8 Å². The minimum Gasteiger partial charge on any atom is -0.489 e. The number of carbonyl (C=O) groups is 1. The highest BCUT2D eigenvalue weighted by molar-refractivity contribution is 7.99. The number of hydrogen-bond donors (Lipinski definition) is 0. The summed E-state index contributed by atoms with van der Waals surface area (Å²) in [6, 6.07) is 11.7. The Balaban J connectivity index is 1.65. The summed E-state index contributed by atoms with van der Waals surface area (Å²) in [7, 11) is 1.87. The number of nitrogens with zero attached hydrogens (tertiary/aromatic N) is 3. The van der Waals surface area contributed by atoms with Crippen LogP contribution >= 0.6 is 11.8 Å². The van der Waals surface area contributed by atoms with E-state index < -0.39 is 0 Å². The number of carbonyl (C=O) groups excluding carboxylic acids is 1. The first kappa shape index (κ1) is 16.3. The van der Waals surface area contributed by atoms with Crippen LogP contribution in [0.1, 0.15) is 21.7 Å². The molecule has 0 aliphatic carbocycles. The van der Waals surface area contributed by atoms with E-state index in [1.807, 2.05) is 54.9 Å². The Bertz CT molecular complexity index is 844. The SMILES string of the molecule is Cc1cc(COc2ccc(Sc3c(C=O)ncn3C)cc2)ccn1. The van der Waals surface area contributed by atoms with Crippen molar-refractivity contribution in [3.63, 3.8) is 0 Å². The number of aldehydes is 1. The second-order valence-corrected chi connectivity index (χ2v) is 6.39. The highest BCUT2D eigenvalue weighted by Gasteiger charge is 2.09. The predicted molar refractivity (Wildman–Crippen MR) is 92.5 cm³/mol. The van der Waals surface area contributed by atoms with Crippen molar-refractivity contribution in [1.82, 2.24) is 14.5 Å². The highest BCUT2D eigenvalue weighted by atomic mass is 32.2. The standard InChI is InChI=1S/C18H17N3O2S/c1-13-9-14(7-8-19-13)11-23-15-3-5-16(6-4-15)24-18-17(10-22)20-12-21(18)2/h3-10,12H,11H2,1-2H3. The maximum absolute atomic E-state index is 11.0. The maximum Gasteiger partial charge on any atom is 0.171 e. The molecular weight excluding hydrogens is 322 g/mol. The minimum atomic E-state index is 0.455. The molecule has 122 valence electrons. The van der Waals surface area contributed by atoms with Crippen molar-refractivity contribution >= 4 is 18.0 Å². The molecule has 1 aromatic carbocycles. The second-order valence-electron chi connectivity index (χ2n) is 5.33. The molecule has 0 aliphatic rings. The van der Waals surface area contributed by atoms with Crippen molar-refractivity contribution in [3.05, 3.63) is 65.9 Å². The van der Waals surface area contributed by atoms with E-state index in [1.54, 1.807) is 12.5 Å². The molecule has 0 bridgehead atoms. The van der Waals surface area contributed by atoms with Crippen molar-refractivity contribution in [2.45, 2.75) is 23.5 Å². The van der Waals surface area contributed by atoms with Crippen LogP contribution in [0.3, 0.4) is 0 Å². The molecule has 2 heterocycles. The van der Waals surface area contributed by atoms with Gasteiger partial charge < -0.3 is 9.30 Å². The third-order valence-corrected chi connectivity index (χ3v) is 4.62. The van der Waals surface area contributed by atoms with Crippen molar-refractivity contribution in [1.29, 1.82) is 0 Å². The molecule has 5 nitrogen and oxygen atoms in total. The fourth-order valence-corrected chi connectivity index (χ4v) is 3.11. The molecule has 3 aromatic rings. The van der Waals surface area contributed by atoms with E-state index in [4.69, 9.17) is 4.74 Å². The number of imidazole rings is 1. The first-order valence-corrected chi connectivity index (χ1v) is 8.26. The Morgan fingerprint density at radius 3 is 2.71 bits per heavy atom. The van der Waals surface area contributed by atoms with Crippen LogP contribution in [-0.2, 0) is 13.7 Å². The summed E-state index contributed by atoms with van der Waals surface area (Å²) in [5.41, 5.74) is 2.52. The summed E-state index contributed by atoms with van der Waals surface area (Å²) in [4.78, 5) is 20.3. The number of aromatic nitrogens is 3. The third kappa shape index (κ3) is 3.83. The normalized spacial score (nSPS) is 10.6. The van der Waals surface area contributed by atoms with Crippen LogP contribution in [0.4, 0.5) is 0 Å². The summed E-state index contributed by atoms with van der Waals surface area (Å²) in [5.74, 6) is 0.800. The molecular formula is C18H17N3O2S. The molecule has 0 atom stereocenters. The molecule has 0 saturated heterocycles. The Morgan fingerprint density at radius 2 is 2.00 bits per heavy atom. The molecule has 0 aliphatic heterocycles. The zero-order valence-electron chi connectivity index (χ0n) is 13.5. The van der Waals surface area contributed by atoms with Gasteiger partial charge in [-0.2, -0.15) is 0 Å². The van der Waals surface area contributed by atoms with E-state index >= 15 is 0 Å². The first-order valence-electron chi connectivity index (χ1n) is 7.44. The largest absolute Gasteiger partial charge is 0.489 e. The lowest BCUT2D eigenvalue weighted by Gasteiger charge is -2.08. The number of ether oxygens (including phenoxy) is 1. The zero-order chi connectivity index (χ0) is 16.9. The van der Waals surface area contributed by atoms with Crippen LogP contribution in [0.2, 0.25) is 0 Å². The average Bonchev–Trinajstić information content (AvgIpc) is 2.94. The van der Waals surface area contributed by atoms with Gasteiger partial charge in [0, 0.05) is 23.8 Å². The minimum absolute atomic E-state index is 0.455. The van der Waals surface area contributed by atoms with E-state index in [-0.39, 0.29) is 0 Å². The number of rotatable bonds is 6. The molecule has 0 amide bonds. The topological polar surface area (TPSA) is 57.0 Å². The van der Waals surface area contributed by atoms with Gasteiger partial charge >= 0.3 is 0 Å². The summed E-state index contributed by atoms with van der Waals surface area (Å²) in [6.07, 6.45) is 4.20. The lowest BCUT2D eigenvalue weighted by molar-refractivity contribution is 0.111. The van der Waals surface area contributed by atoms with E-state index in [0.29, 0.717) is 12.3 Å². The van der Waals surface area contributed by atoms with Gasteiger partial charge in [0.05, 0.1) is 6.33 Å². The lowest BCUT2D eigenvalue weighted by atomic mass is 10.2. The molecule has 2 aromatic heterocycles. The number of benzene rings is 1. The van der Waals surface area contributed by atoms with Crippen molar-refractivity contribution < 1.29 is 9.53 Å². The molecule has 0 saturated carbocycles. The zero-order valence-corrected chi connectivity index (χ0v) is 14.3. The monoisotopic (exact) mass is 339 g/mol. The molecule has 0 fully saturated rings. The summed E-state index contributed by atoms with van der Waals surface area (Å²) in [6.45, 7) is 2.47. The molecule has 0 unspecified atom stereocenters. The first-order chi connectivity index (χ1) is 11.7.